The van der Waals surface area contributed by atoms with Crippen molar-refractivity contribution >= 4 is 17.4 Å². The molecule has 5 nitrogen and oxygen atoms in total. The molecule has 0 spiro atoms. The minimum Gasteiger partial charge on any atom is -0.462 e. The first kappa shape index (κ1) is 15.8. The van der Waals surface area contributed by atoms with Gasteiger partial charge in [-0.15, -0.1) is 0 Å². The van der Waals surface area contributed by atoms with Crippen LogP contribution in [0.15, 0.2) is 47.2 Å². The van der Waals surface area contributed by atoms with Gasteiger partial charge in [-0.3, -0.25) is 4.79 Å². The van der Waals surface area contributed by atoms with Crippen LogP contribution in [-0.2, 0) is 19.2 Å². The lowest BCUT2D eigenvalue weighted by Gasteiger charge is -2.15. The predicted molar refractivity (Wildman–Crippen MR) is 82.2 cm³/mol. The number of hydrogen-bond donors (Lipinski definition) is 0. The van der Waals surface area contributed by atoms with Gasteiger partial charge in [-0.05, 0) is 20.8 Å². The minimum absolute atomic E-state index is 0.0582. The maximum atomic E-state index is 12.0. The molecule has 5 heteroatoms. The molecule has 0 N–H and O–H groups in total. The van der Waals surface area contributed by atoms with Crippen molar-refractivity contribution in [3.05, 3.63) is 52.8 Å². The van der Waals surface area contributed by atoms with Crippen LogP contribution in [0.4, 0.5) is 0 Å². The van der Waals surface area contributed by atoms with Crippen LogP contribution in [0, 0.1) is 0 Å². The third-order valence-electron chi connectivity index (χ3n) is 3.34. The van der Waals surface area contributed by atoms with E-state index < -0.39 is 5.97 Å². The van der Waals surface area contributed by atoms with Crippen molar-refractivity contribution < 1.29 is 19.2 Å². The molecule has 0 bridgehead atoms. The van der Waals surface area contributed by atoms with Crippen molar-refractivity contribution in [2.75, 3.05) is 13.7 Å². The van der Waals surface area contributed by atoms with E-state index >= 15 is 0 Å². The van der Waals surface area contributed by atoms with Gasteiger partial charge in [0.1, 0.15) is 5.57 Å². The number of benzene rings is 1. The normalized spacial score (nSPS) is 16.5. The number of allylic oxidation sites excluding steroid dienone is 1. The quantitative estimate of drug-likeness (QED) is 0.370. The molecule has 0 saturated heterocycles. The first-order valence-electron chi connectivity index (χ1n) is 7.08. The van der Waals surface area contributed by atoms with Gasteiger partial charge in [0, 0.05) is 18.2 Å². The van der Waals surface area contributed by atoms with E-state index in [4.69, 9.17) is 9.57 Å². The van der Waals surface area contributed by atoms with E-state index in [2.05, 4.69) is 0 Å². The molecular weight excluding hydrogens is 282 g/mol. The molecule has 0 atom stereocenters. The fraction of sp³-hybridized carbons (Fsp3) is 0.294. The Balaban J connectivity index is 2.57. The van der Waals surface area contributed by atoms with Gasteiger partial charge in [0.25, 0.3) is 0 Å². The lowest BCUT2D eigenvalue weighted by Crippen LogP contribution is -2.18. The lowest BCUT2D eigenvalue weighted by atomic mass is 10.0. The zero-order valence-electron chi connectivity index (χ0n) is 13.2. The minimum atomic E-state index is -0.660. The number of rotatable bonds is 4. The highest BCUT2D eigenvalue weighted by atomic mass is 16.7. The number of carbonyl (C=O) groups is 2. The average Bonchev–Trinajstić information content (AvgIpc) is 2.75. The Morgan fingerprint density at radius 1 is 1.23 bits per heavy atom. The molecule has 1 aromatic rings. The van der Waals surface area contributed by atoms with Crippen molar-refractivity contribution in [2.45, 2.75) is 20.8 Å². The summed E-state index contributed by atoms with van der Waals surface area (Å²) in [5.41, 5.74) is 2.44. The molecule has 1 heterocycles. The lowest BCUT2D eigenvalue weighted by molar-refractivity contribution is -0.140. The summed E-state index contributed by atoms with van der Waals surface area (Å²) in [6.07, 6.45) is 0. The van der Waals surface area contributed by atoms with Crippen LogP contribution < -0.4 is 0 Å². The van der Waals surface area contributed by atoms with Crippen LogP contribution in [0.5, 0.6) is 0 Å². The summed E-state index contributed by atoms with van der Waals surface area (Å²) in [6, 6.07) is 9.65. The standard InChI is InChI=1S/C17H19NO4/c1-5-21-17(20)14(12(3)19)16-11(2)15(18(4)22-16)13-9-7-6-8-10-13/h6-10H,5H2,1-4H3/b16-14+. The van der Waals surface area contributed by atoms with Gasteiger partial charge >= 0.3 is 5.97 Å². The van der Waals surface area contributed by atoms with E-state index in [0.717, 1.165) is 16.8 Å². The van der Waals surface area contributed by atoms with Gasteiger partial charge in [0.2, 0.25) is 0 Å². The fourth-order valence-corrected chi connectivity index (χ4v) is 2.42. The van der Waals surface area contributed by atoms with E-state index in [0.29, 0.717) is 0 Å². The molecule has 0 aromatic heterocycles. The molecule has 0 radical (unpaired) electrons. The van der Waals surface area contributed by atoms with Crippen LogP contribution in [-0.4, -0.2) is 30.5 Å². The summed E-state index contributed by atoms with van der Waals surface area (Å²) in [5, 5.41) is 1.56. The second-order valence-electron chi connectivity index (χ2n) is 4.91. The third-order valence-corrected chi connectivity index (χ3v) is 3.34. The van der Waals surface area contributed by atoms with Crippen molar-refractivity contribution in [3.8, 4) is 0 Å². The SMILES string of the molecule is CCOC(=O)/C(C(C)=O)=C1/ON(C)C(c2ccccc2)=C1C. The maximum absolute atomic E-state index is 12.0. The monoisotopic (exact) mass is 301 g/mol. The maximum Gasteiger partial charge on any atom is 0.345 e. The highest BCUT2D eigenvalue weighted by Crippen LogP contribution is 2.36. The van der Waals surface area contributed by atoms with Gasteiger partial charge in [-0.2, -0.15) is 0 Å². The van der Waals surface area contributed by atoms with E-state index in [9.17, 15) is 9.59 Å². The Labute approximate surface area is 129 Å². The van der Waals surface area contributed by atoms with Gasteiger partial charge in [0.05, 0.1) is 12.3 Å². The zero-order chi connectivity index (χ0) is 16.3. The van der Waals surface area contributed by atoms with Gasteiger partial charge < -0.3 is 9.57 Å². The summed E-state index contributed by atoms with van der Waals surface area (Å²) in [6.45, 7) is 5.05. The largest absolute Gasteiger partial charge is 0.462 e. The number of hydrogen-bond acceptors (Lipinski definition) is 5. The Morgan fingerprint density at radius 3 is 2.41 bits per heavy atom. The Bertz CT molecular complexity index is 658. The number of hydroxylamine groups is 2. The summed E-state index contributed by atoms with van der Waals surface area (Å²) in [4.78, 5) is 29.6. The summed E-state index contributed by atoms with van der Waals surface area (Å²) in [7, 11) is 1.74. The van der Waals surface area contributed by atoms with Gasteiger partial charge in [-0.25, -0.2) is 9.86 Å². The van der Waals surface area contributed by atoms with Crippen LogP contribution in [0.25, 0.3) is 5.70 Å². The van der Waals surface area contributed by atoms with E-state index in [1.54, 1.807) is 19.0 Å². The molecule has 1 aromatic carbocycles. The Morgan fingerprint density at radius 2 is 1.86 bits per heavy atom. The molecule has 116 valence electrons. The molecule has 2 rings (SSSR count). The van der Waals surface area contributed by atoms with Crippen molar-refractivity contribution in [3.63, 3.8) is 0 Å². The van der Waals surface area contributed by atoms with E-state index in [1.165, 1.54) is 6.92 Å². The Hall–Kier alpha value is -2.56. The van der Waals surface area contributed by atoms with Crippen molar-refractivity contribution in [2.24, 2.45) is 0 Å². The zero-order valence-corrected chi connectivity index (χ0v) is 13.2. The molecule has 0 unspecified atom stereocenters. The van der Waals surface area contributed by atoms with Crippen LogP contribution in [0.1, 0.15) is 26.3 Å². The van der Waals surface area contributed by atoms with Gasteiger partial charge in [-0.1, -0.05) is 30.3 Å². The van der Waals surface area contributed by atoms with Crippen LogP contribution in [0.3, 0.4) is 0 Å². The topological polar surface area (TPSA) is 55.8 Å². The molecule has 0 aliphatic carbocycles. The van der Waals surface area contributed by atoms with Gasteiger partial charge in [0.15, 0.2) is 11.5 Å². The molecule has 1 aliphatic heterocycles. The third kappa shape index (κ3) is 2.88. The predicted octanol–water partition coefficient (Wildman–Crippen LogP) is 2.70. The molecule has 0 saturated carbocycles. The van der Waals surface area contributed by atoms with E-state index in [-0.39, 0.29) is 23.7 Å². The summed E-state index contributed by atoms with van der Waals surface area (Å²) < 4.78 is 4.96. The molecule has 1 aliphatic rings. The van der Waals surface area contributed by atoms with Crippen molar-refractivity contribution in [1.29, 1.82) is 0 Å². The Kier molecular flexibility index (Phi) is 4.65. The van der Waals surface area contributed by atoms with Crippen molar-refractivity contribution in [1.82, 2.24) is 5.06 Å². The molecule has 0 fully saturated rings. The number of carbonyl (C=O) groups excluding carboxylic acids is 2. The first-order chi connectivity index (χ1) is 10.5. The second-order valence-corrected chi connectivity index (χ2v) is 4.91. The summed E-state index contributed by atoms with van der Waals surface area (Å²) in [5.74, 6) is -0.783. The fourth-order valence-electron chi connectivity index (χ4n) is 2.42. The molecule has 0 amide bonds. The average molecular weight is 301 g/mol. The highest BCUT2D eigenvalue weighted by molar-refractivity contribution is 6.17. The number of Topliss-reactive ketones (excluding diaryl/α,β-unsaturated/α-hetero) is 1. The molecular formula is C17H19NO4. The smallest absolute Gasteiger partial charge is 0.345 e. The highest BCUT2D eigenvalue weighted by Gasteiger charge is 2.32. The van der Waals surface area contributed by atoms with Crippen LogP contribution in [0.2, 0.25) is 0 Å². The van der Waals surface area contributed by atoms with E-state index in [1.807, 2.05) is 37.3 Å². The number of ketones is 1. The number of ether oxygens (including phenoxy) is 1. The molecule has 22 heavy (non-hydrogen) atoms. The second kappa shape index (κ2) is 6.47. The number of nitrogens with zero attached hydrogens (tertiary/aromatic N) is 1. The first-order valence-corrected chi connectivity index (χ1v) is 7.08. The summed E-state index contributed by atoms with van der Waals surface area (Å²) >= 11 is 0. The van der Waals surface area contributed by atoms with Crippen LogP contribution >= 0.6 is 0 Å². The number of esters is 1.